The third kappa shape index (κ3) is 4.04. The molecule has 0 unspecified atom stereocenters. The van der Waals surface area contributed by atoms with Crippen LogP contribution in [0.3, 0.4) is 0 Å². The van der Waals surface area contributed by atoms with Gasteiger partial charge in [0.2, 0.25) is 0 Å². The number of thiazole rings is 1. The molecule has 0 aliphatic heterocycles. The molecule has 0 saturated heterocycles. The van der Waals surface area contributed by atoms with Crippen LogP contribution >= 0.6 is 34.7 Å². The Kier molecular flexibility index (Phi) is 5.61. The number of benzene rings is 1. The zero-order valence-corrected chi connectivity index (χ0v) is 17.2. The second-order valence-electron chi connectivity index (χ2n) is 6.03. The predicted octanol–water partition coefficient (Wildman–Crippen LogP) is 4.07. The van der Waals surface area contributed by atoms with Crippen molar-refractivity contribution in [3.63, 3.8) is 0 Å². The molecule has 0 spiro atoms. The van der Waals surface area contributed by atoms with Crippen LogP contribution in [0.5, 0.6) is 0 Å². The van der Waals surface area contributed by atoms with E-state index in [-0.39, 0.29) is 5.56 Å². The quantitative estimate of drug-likeness (QED) is 0.327. The van der Waals surface area contributed by atoms with Gasteiger partial charge >= 0.3 is 0 Å². The number of rotatable bonds is 7. The summed E-state index contributed by atoms with van der Waals surface area (Å²) in [5.41, 5.74) is 1.76. The molecule has 0 aliphatic rings. The highest BCUT2D eigenvalue weighted by Crippen LogP contribution is 2.23. The maximum absolute atomic E-state index is 12.1. The lowest BCUT2D eigenvalue weighted by atomic mass is 10.1. The number of nitrogens with zero attached hydrogens (tertiary/aromatic N) is 5. The molecule has 0 aliphatic carbocycles. The molecule has 1 aromatic carbocycles. The smallest absolute Gasteiger partial charge is 0.258 e. The summed E-state index contributed by atoms with van der Waals surface area (Å²) >= 11 is 8.91. The van der Waals surface area contributed by atoms with E-state index in [0.717, 1.165) is 22.2 Å². The van der Waals surface area contributed by atoms with Crippen molar-refractivity contribution in [2.45, 2.75) is 23.9 Å². The molecular weight excluding hydrogens is 414 g/mol. The van der Waals surface area contributed by atoms with Gasteiger partial charge in [0.05, 0.1) is 5.69 Å². The topological polar surface area (TPSA) is 65.1 Å². The van der Waals surface area contributed by atoms with Crippen molar-refractivity contribution >= 4 is 39.7 Å². The third-order valence-electron chi connectivity index (χ3n) is 4.09. The van der Waals surface area contributed by atoms with Crippen molar-refractivity contribution in [1.82, 2.24) is 24.1 Å². The van der Waals surface area contributed by atoms with Gasteiger partial charge in [-0.3, -0.25) is 9.20 Å². The van der Waals surface area contributed by atoms with E-state index in [0.29, 0.717) is 28.7 Å². The lowest BCUT2D eigenvalue weighted by molar-refractivity contribution is 0.690. The van der Waals surface area contributed by atoms with Gasteiger partial charge in [-0.2, -0.15) is 0 Å². The Morgan fingerprint density at radius 2 is 2.07 bits per heavy atom. The Hall–Kier alpha value is -2.42. The van der Waals surface area contributed by atoms with Crippen molar-refractivity contribution in [2.75, 3.05) is 0 Å². The van der Waals surface area contributed by atoms with E-state index >= 15 is 0 Å². The van der Waals surface area contributed by atoms with E-state index < -0.39 is 0 Å². The summed E-state index contributed by atoms with van der Waals surface area (Å²) < 4.78 is 3.58. The second-order valence-corrected chi connectivity index (χ2v) is 8.28. The van der Waals surface area contributed by atoms with Gasteiger partial charge in [-0.15, -0.1) is 28.1 Å². The number of halogens is 1. The highest BCUT2D eigenvalue weighted by Gasteiger charge is 2.13. The second kappa shape index (κ2) is 8.30. The first-order chi connectivity index (χ1) is 13.6. The van der Waals surface area contributed by atoms with Gasteiger partial charge < -0.3 is 4.57 Å². The predicted molar refractivity (Wildman–Crippen MR) is 113 cm³/mol. The summed E-state index contributed by atoms with van der Waals surface area (Å²) in [6.45, 7) is 4.45. The fourth-order valence-electron chi connectivity index (χ4n) is 2.75. The Balaban J connectivity index is 1.55. The van der Waals surface area contributed by atoms with E-state index in [2.05, 4.69) is 21.8 Å². The Labute approximate surface area is 174 Å². The Morgan fingerprint density at radius 1 is 1.25 bits per heavy atom. The first-order valence-electron chi connectivity index (χ1n) is 8.50. The first kappa shape index (κ1) is 18.9. The van der Waals surface area contributed by atoms with Gasteiger partial charge in [-0.1, -0.05) is 41.6 Å². The van der Waals surface area contributed by atoms with Crippen molar-refractivity contribution < 1.29 is 0 Å². The van der Waals surface area contributed by atoms with Crippen molar-refractivity contribution in [2.24, 2.45) is 0 Å². The average Bonchev–Trinajstić information content (AvgIpc) is 3.30. The zero-order valence-electron chi connectivity index (χ0n) is 14.8. The maximum atomic E-state index is 12.1. The molecule has 3 aromatic heterocycles. The van der Waals surface area contributed by atoms with Crippen LogP contribution in [0.25, 0.3) is 4.96 Å². The standard InChI is InChI=1S/C19H16ClN5OS2/c1-2-7-24-16(10-13-3-5-14(20)6-4-13)22-23-19(24)28-12-15-11-17(26)25-8-9-27-18(25)21-15/h2-6,8-9,11H,1,7,10,12H2. The minimum Gasteiger partial charge on any atom is -0.302 e. The van der Waals surface area contributed by atoms with Crippen molar-refractivity contribution in [3.8, 4) is 0 Å². The summed E-state index contributed by atoms with van der Waals surface area (Å²) in [6, 6.07) is 9.26. The van der Waals surface area contributed by atoms with Crippen LogP contribution < -0.4 is 5.56 Å². The van der Waals surface area contributed by atoms with Crippen LogP contribution in [0.4, 0.5) is 0 Å². The van der Waals surface area contributed by atoms with Crippen LogP contribution in [0.15, 0.2) is 64.5 Å². The van der Waals surface area contributed by atoms with E-state index in [9.17, 15) is 4.79 Å². The fraction of sp³-hybridized carbons (Fsp3) is 0.158. The van der Waals surface area contributed by atoms with Crippen LogP contribution in [-0.4, -0.2) is 24.1 Å². The summed E-state index contributed by atoms with van der Waals surface area (Å²) in [5, 5.41) is 12.0. The molecule has 28 heavy (non-hydrogen) atoms. The number of aromatic nitrogens is 5. The molecule has 4 aromatic rings. The number of allylic oxidation sites excluding steroid dienone is 1. The Bertz CT molecular complexity index is 1180. The molecule has 0 bridgehead atoms. The normalized spacial score (nSPS) is 11.2. The average molecular weight is 430 g/mol. The largest absolute Gasteiger partial charge is 0.302 e. The van der Waals surface area contributed by atoms with Crippen LogP contribution in [0, 0.1) is 0 Å². The van der Waals surface area contributed by atoms with Crippen LogP contribution in [0.1, 0.15) is 17.1 Å². The van der Waals surface area contributed by atoms with E-state index in [4.69, 9.17) is 11.6 Å². The number of hydrogen-bond donors (Lipinski definition) is 0. The summed E-state index contributed by atoms with van der Waals surface area (Å²) in [5.74, 6) is 1.39. The van der Waals surface area contributed by atoms with E-state index in [1.54, 1.807) is 16.7 Å². The molecule has 142 valence electrons. The van der Waals surface area contributed by atoms with Crippen LogP contribution in [-0.2, 0) is 18.7 Å². The van der Waals surface area contributed by atoms with E-state index in [1.807, 2.05) is 40.3 Å². The molecule has 3 heterocycles. The molecule has 6 nitrogen and oxygen atoms in total. The van der Waals surface area contributed by atoms with Gasteiger partial charge in [0.15, 0.2) is 10.1 Å². The monoisotopic (exact) mass is 429 g/mol. The highest BCUT2D eigenvalue weighted by molar-refractivity contribution is 7.98. The molecule has 0 N–H and O–H groups in total. The zero-order chi connectivity index (χ0) is 19.5. The minimum atomic E-state index is -0.0714. The van der Waals surface area contributed by atoms with Gasteiger partial charge in [-0.25, -0.2) is 4.98 Å². The molecule has 4 rings (SSSR count). The lowest BCUT2D eigenvalue weighted by Crippen LogP contribution is -2.12. The molecule has 9 heteroatoms. The fourth-order valence-corrected chi connectivity index (χ4v) is 4.48. The highest BCUT2D eigenvalue weighted by atomic mass is 35.5. The molecule has 0 saturated carbocycles. The summed E-state index contributed by atoms with van der Waals surface area (Å²) in [6.07, 6.45) is 4.20. The Morgan fingerprint density at radius 3 is 2.86 bits per heavy atom. The van der Waals surface area contributed by atoms with Crippen LogP contribution in [0.2, 0.25) is 5.02 Å². The molecule has 0 amide bonds. The molecule has 0 radical (unpaired) electrons. The van der Waals surface area contributed by atoms with Crippen molar-refractivity contribution in [3.05, 3.63) is 87.0 Å². The van der Waals surface area contributed by atoms with Crippen molar-refractivity contribution in [1.29, 1.82) is 0 Å². The molecule has 0 fully saturated rings. The number of hydrogen-bond acceptors (Lipinski definition) is 6. The van der Waals surface area contributed by atoms with Gasteiger partial charge in [0.25, 0.3) is 5.56 Å². The summed E-state index contributed by atoms with van der Waals surface area (Å²) in [7, 11) is 0. The number of fused-ring (bicyclic) bond motifs is 1. The number of thioether (sulfide) groups is 1. The maximum Gasteiger partial charge on any atom is 0.258 e. The minimum absolute atomic E-state index is 0.0714. The summed E-state index contributed by atoms with van der Waals surface area (Å²) in [4.78, 5) is 17.4. The SMILES string of the molecule is C=CCn1c(Cc2ccc(Cl)cc2)nnc1SCc1cc(=O)n2ccsc2n1. The lowest BCUT2D eigenvalue weighted by Gasteiger charge is -2.08. The molecular formula is C19H16ClN5OS2. The van der Waals surface area contributed by atoms with Gasteiger partial charge in [0.1, 0.15) is 5.82 Å². The van der Waals surface area contributed by atoms with E-state index in [1.165, 1.54) is 23.1 Å². The van der Waals surface area contributed by atoms with Gasteiger partial charge in [-0.05, 0) is 17.7 Å². The third-order valence-corrected chi connectivity index (χ3v) is 6.09. The van der Waals surface area contributed by atoms with Gasteiger partial charge in [0, 0.05) is 41.4 Å². The molecule has 0 atom stereocenters. The first-order valence-corrected chi connectivity index (χ1v) is 10.7.